The van der Waals surface area contributed by atoms with E-state index in [1.807, 2.05) is 0 Å². The minimum atomic E-state index is 0.948. The van der Waals surface area contributed by atoms with E-state index in [9.17, 15) is 0 Å². The van der Waals surface area contributed by atoms with Crippen molar-refractivity contribution in [1.29, 1.82) is 0 Å². The van der Waals surface area contributed by atoms with Crippen LogP contribution >= 0.6 is 0 Å². The minimum Gasteiger partial charge on any atom is -0.253 e. The van der Waals surface area contributed by atoms with Gasteiger partial charge in [-0.15, -0.1) is 0 Å². The molecule has 0 aliphatic heterocycles. The van der Waals surface area contributed by atoms with E-state index in [2.05, 4.69) is 85.7 Å². The molecule has 0 N–H and O–H groups in total. The molecular formula is C44H71N. The molecule has 0 spiro atoms. The van der Waals surface area contributed by atoms with Crippen molar-refractivity contribution in [3.8, 4) is 0 Å². The Bertz CT molecular complexity index is 1160. The van der Waals surface area contributed by atoms with Crippen molar-refractivity contribution < 1.29 is 0 Å². The van der Waals surface area contributed by atoms with Gasteiger partial charge in [-0.05, 0) is 135 Å². The molecule has 1 heteroatoms. The number of allylic oxidation sites excluding steroid dienone is 1. The average molecular weight is 614 g/mol. The summed E-state index contributed by atoms with van der Waals surface area (Å²) in [4.78, 5) is 5.31. The molecule has 0 amide bonds. The van der Waals surface area contributed by atoms with Crippen LogP contribution in [-0.4, -0.2) is 5.71 Å². The lowest BCUT2D eigenvalue weighted by atomic mass is 9.90. The molecule has 252 valence electrons. The number of benzene rings is 2. The normalized spacial score (nSPS) is 12.4. The maximum Gasteiger partial charge on any atom is 0.0638 e. The molecular weight excluding hydrogens is 542 g/mol. The highest BCUT2D eigenvalue weighted by atomic mass is 14.7. The summed E-state index contributed by atoms with van der Waals surface area (Å²) in [6.45, 7) is 18.4. The molecule has 0 fully saturated rings. The van der Waals surface area contributed by atoms with Gasteiger partial charge in [0, 0.05) is 5.71 Å². The van der Waals surface area contributed by atoms with E-state index >= 15 is 0 Å². The minimum absolute atomic E-state index is 0.948. The van der Waals surface area contributed by atoms with Crippen molar-refractivity contribution >= 4 is 17.5 Å². The zero-order valence-electron chi connectivity index (χ0n) is 31.2. The summed E-state index contributed by atoms with van der Waals surface area (Å²) >= 11 is 0. The van der Waals surface area contributed by atoms with Crippen LogP contribution in [0.2, 0.25) is 0 Å². The Balaban J connectivity index is 2.36. The van der Waals surface area contributed by atoms with E-state index in [0.29, 0.717) is 0 Å². The highest BCUT2D eigenvalue weighted by molar-refractivity contribution is 6.04. The molecule has 45 heavy (non-hydrogen) atoms. The van der Waals surface area contributed by atoms with Crippen LogP contribution in [0.3, 0.4) is 0 Å². The van der Waals surface area contributed by atoms with Crippen LogP contribution in [0.15, 0.2) is 34.8 Å². The second-order valence-corrected chi connectivity index (χ2v) is 13.9. The maximum absolute atomic E-state index is 5.31. The first kappa shape index (κ1) is 39.0. The van der Waals surface area contributed by atoms with Gasteiger partial charge in [0.05, 0.1) is 5.69 Å². The summed E-state index contributed by atoms with van der Waals surface area (Å²) in [5, 5.41) is 0. The zero-order valence-corrected chi connectivity index (χ0v) is 31.2. The van der Waals surface area contributed by atoms with Gasteiger partial charge in [-0.25, -0.2) is 0 Å². The van der Waals surface area contributed by atoms with Crippen LogP contribution < -0.4 is 0 Å². The zero-order chi connectivity index (χ0) is 32.9. The van der Waals surface area contributed by atoms with Crippen molar-refractivity contribution in [3.63, 3.8) is 0 Å². The predicted octanol–water partition coefficient (Wildman–Crippen LogP) is 14.4. The number of hydrogen-bond acceptors (Lipinski definition) is 1. The van der Waals surface area contributed by atoms with E-state index in [0.717, 1.165) is 12.1 Å². The smallest absolute Gasteiger partial charge is 0.0638 e. The van der Waals surface area contributed by atoms with Crippen LogP contribution in [0.5, 0.6) is 0 Å². The lowest BCUT2D eigenvalue weighted by Gasteiger charge is -2.16. The Kier molecular flexibility index (Phi) is 20.1. The molecule has 2 rings (SSSR count). The van der Waals surface area contributed by atoms with E-state index in [4.69, 9.17) is 4.99 Å². The SMILES string of the molecule is CCCCCCCCc1cc(C=C(C)C(CC)=Nc2cc(C)c(CCCC)c(CCCCCC)c2)cc(C)c1CCCCCC. The van der Waals surface area contributed by atoms with Crippen molar-refractivity contribution in [2.24, 2.45) is 4.99 Å². The largest absolute Gasteiger partial charge is 0.253 e. The highest BCUT2D eigenvalue weighted by Crippen LogP contribution is 2.28. The Hall–Kier alpha value is -2.15. The van der Waals surface area contributed by atoms with Gasteiger partial charge >= 0.3 is 0 Å². The lowest BCUT2D eigenvalue weighted by molar-refractivity contribution is 0.605. The Morgan fingerprint density at radius 2 is 1.00 bits per heavy atom. The maximum atomic E-state index is 5.31. The van der Waals surface area contributed by atoms with Crippen LogP contribution in [0.25, 0.3) is 6.08 Å². The fraction of sp³-hybridized carbons (Fsp3) is 0.659. The summed E-state index contributed by atoms with van der Waals surface area (Å²) in [5.74, 6) is 0. The van der Waals surface area contributed by atoms with Gasteiger partial charge in [-0.3, -0.25) is 4.99 Å². The third-order valence-electron chi connectivity index (χ3n) is 9.74. The fourth-order valence-corrected chi connectivity index (χ4v) is 6.95. The van der Waals surface area contributed by atoms with Crippen molar-refractivity contribution in [2.45, 2.75) is 190 Å². The quantitative estimate of drug-likeness (QED) is 0.0825. The molecule has 0 unspecified atom stereocenters. The average Bonchev–Trinajstić information content (AvgIpc) is 3.02. The molecule has 0 saturated heterocycles. The number of hydrogen-bond donors (Lipinski definition) is 0. The van der Waals surface area contributed by atoms with Crippen molar-refractivity contribution in [1.82, 2.24) is 0 Å². The van der Waals surface area contributed by atoms with Gasteiger partial charge in [0.25, 0.3) is 0 Å². The van der Waals surface area contributed by atoms with Gasteiger partial charge in [0.15, 0.2) is 0 Å². The molecule has 0 bridgehead atoms. The second kappa shape index (κ2) is 23.2. The second-order valence-electron chi connectivity index (χ2n) is 13.9. The fourth-order valence-electron chi connectivity index (χ4n) is 6.95. The third-order valence-corrected chi connectivity index (χ3v) is 9.74. The van der Waals surface area contributed by atoms with Crippen molar-refractivity contribution in [3.05, 3.63) is 68.8 Å². The van der Waals surface area contributed by atoms with Gasteiger partial charge in [0.1, 0.15) is 0 Å². The topological polar surface area (TPSA) is 12.4 Å². The first-order valence-corrected chi connectivity index (χ1v) is 19.4. The van der Waals surface area contributed by atoms with E-state index in [-0.39, 0.29) is 0 Å². The summed E-state index contributed by atoms with van der Waals surface area (Å²) in [6, 6.07) is 9.73. The van der Waals surface area contributed by atoms with E-state index in [1.54, 1.807) is 22.3 Å². The number of rotatable bonds is 24. The van der Waals surface area contributed by atoms with Crippen LogP contribution in [0, 0.1) is 13.8 Å². The number of aliphatic imine (C=N–C) groups is 1. The molecule has 2 aromatic rings. The molecule has 0 aromatic heterocycles. The summed E-state index contributed by atoms with van der Waals surface area (Å²) in [5.41, 5.74) is 14.3. The van der Waals surface area contributed by atoms with Gasteiger partial charge in [-0.1, -0.05) is 130 Å². The Morgan fingerprint density at radius 1 is 0.533 bits per heavy atom. The van der Waals surface area contributed by atoms with Crippen LogP contribution in [-0.2, 0) is 25.7 Å². The molecule has 0 atom stereocenters. The lowest BCUT2D eigenvalue weighted by Crippen LogP contribution is -2.02. The molecule has 1 nitrogen and oxygen atoms in total. The first-order chi connectivity index (χ1) is 21.9. The molecule has 0 aliphatic rings. The van der Waals surface area contributed by atoms with Crippen molar-refractivity contribution in [2.75, 3.05) is 0 Å². The van der Waals surface area contributed by atoms with E-state index in [1.165, 1.54) is 156 Å². The first-order valence-electron chi connectivity index (χ1n) is 19.4. The van der Waals surface area contributed by atoms with E-state index < -0.39 is 0 Å². The number of nitrogens with zero attached hydrogens (tertiary/aromatic N) is 1. The summed E-state index contributed by atoms with van der Waals surface area (Å²) in [7, 11) is 0. The molecule has 2 aromatic carbocycles. The molecule has 0 aliphatic carbocycles. The number of aryl methyl sites for hydroxylation is 4. The third kappa shape index (κ3) is 14.4. The van der Waals surface area contributed by atoms with Gasteiger partial charge in [0.2, 0.25) is 0 Å². The summed E-state index contributed by atoms with van der Waals surface area (Å²) in [6.07, 6.45) is 29.4. The summed E-state index contributed by atoms with van der Waals surface area (Å²) < 4.78 is 0. The van der Waals surface area contributed by atoms with Crippen LogP contribution in [0.4, 0.5) is 5.69 Å². The predicted molar refractivity (Wildman–Crippen MR) is 205 cm³/mol. The standard InChI is InChI=1S/C44H71N/c1-9-14-18-21-22-24-26-39-33-38(30-35(6)43(39)29-25-20-16-11-3)31-37(8)44(13-5)45-41-32-36(7)42(28-17-12-4)40(34-41)27-23-19-15-10-2/h30-34H,9-29H2,1-8H3. The molecule has 0 heterocycles. The van der Waals surface area contributed by atoms with Gasteiger partial charge in [-0.2, -0.15) is 0 Å². The van der Waals surface area contributed by atoms with Gasteiger partial charge < -0.3 is 0 Å². The highest BCUT2D eigenvalue weighted by Gasteiger charge is 2.12. The van der Waals surface area contributed by atoms with Crippen LogP contribution in [0.1, 0.15) is 190 Å². The number of unbranched alkanes of at least 4 members (excludes halogenated alkanes) is 12. The molecule has 0 radical (unpaired) electrons. The Morgan fingerprint density at radius 3 is 1.58 bits per heavy atom. The monoisotopic (exact) mass is 614 g/mol. The molecule has 0 saturated carbocycles. The Labute approximate surface area is 280 Å².